The van der Waals surface area contributed by atoms with Gasteiger partial charge in [0.25, 0.3) is 0 Å². The number of esters is 1. The molecule has 0 aliphatic heterocycles. The molecule has 32 heavy (non-hydrogen) atoms. The predicted molar refractivity (Wildman–Crippen MR) is 123 cm³/mol. The number of rotatable bonds is 7. The molecule has 0 unspecified atom stereocenters. The molecule has 0 spiro atoms. The van der Waals surface area contributed by atoms with Gasteiger partial charge < -0.3 is 4.74 Å². The van der Waals surface area contributed by atoms with Crippen LogP contribution in [0.15, 0.2) is 70.6 Å². The fourth-order valence-electron chi connectivity index (χ4n) is 3.07. The van der Waals surface area contributed by atoms with Crippen molar-refractivity contribution in [2.45, 2.75) is 16.7 Å². The van der Waals surface area contributed by atoms with Crippen LogP contribution in [0.3, 0.4) is 0 Å². The molecule has 0 bridgehead atoms. The molecule has 5 nitrogen and oxygen atoms in total. The van der Waals surface area contributed by atoms with Crippen molar-refractivity contribution in [3.8, 4) is 0 Å². The number of carbonyl (C=O) groups excluding carboxylic acids is 1. The molecule has 9 heteroatoms. The Balaban J connectivity index is 1.70. The van der Waals surface area contributed by atoms with E-state index < -0.39 is 11.8 Å². The monoisotopic (exact) mass is 469 g/mol. The lowest BCUT2D eigenvalue weighted by Crippen LogP contribution is -2.07. The lowest BCUT2D eigenvalue weighted by Gasteiger charge is -2.10. The first-order valence-electron chi connectivity index (χ1n) is 9.65. The van der Waals surface area contributed by atoms with Crippen LogP contribution in [-0.2, 0) is 4.74 Å². The number of hydrogen-bond acceptors (Lipinski definition) is 6. The highest BCUT2D eigenvalue weighted by molar-refractivity contribution is 7.99. The molecule has 0 N–H and O–H groups in total. The van der Waals surface area contributed by atoms with E-state index in [1.54, 1.807) is 43.5 Å². The molecule has 2 aromatic carbocycles. The molecule has 2 heterocycles. The van der Waals surface area contributed by atoms with Gasteiger partial charge in [-0.2, -0.15) is 9.19 Å². The van der Waals surface area contributed by atoms with Crippen molar-refractivity contribution in [1.29, 1.82) is 0 Å². The summed E-state index contributed by atoms with van der Waals surface area (Å²) in [5.74, 6) is -1.13. The van der Waals surface area contributed by atoms with Crippen LogP contribution in [0.25, 0.3) is 23.1 Å². The van der Waals surface area contributed by atoms with Crippen LogP contribution in [0.1, 0.15) is 28.7 Å². The van der Waals surface area contributed by atoms with E-state index in [2.05, 4.69) is 10.1 Å². The van der Waals surface area contributed by atoms with Crippen LogP contribution in [-0.4, -0.2) is 26.7 Å². The van der Waals surface area contributed by atoms with Crippen LogP contribution in [0, 0.1) is 5.82 Å². The standard InChI is InChI=1S/C23H17F2N3O2S2/c1-2-30-23(29)18-7-5-8-19(24)22(18)31-16-10-11-17-20(27-28(32-25)21(17)14-16)12-9-15-6-3-4-13-26-15/h3-14H,2H2,1H3/b12-9+. The lowest BCUT2D eigenvalue weighted by molar-refractivity contribution is 0.0521. The largest absolute Gasteiger partial charge is 0.462 e. The number of halogens is 2. The summed E-state index contributed by atoms with van der Waals surface area (Å²) in [6.07, 6.45) is 5.24. The first kappa shape index (κ1) is 22.0. The normalized spacial score (nSPS) is 11.3. The van der Waals surface area contributed by atoms with Crippen molar-refractivity contribution in [1.82, 2.24) is 14.2 Å². The topological polar surface area (TPSA) is 57.0 Å². The Morgan fingerprint density at radius 1 is 1.16 bits per heavy atom. The Morgan fingerprint density at radius 2 is 2.03 bits per heavy atom. The van der Waals surface area contributed by atoms with Crippen molar-refractivity contribution in [3.63, 3.8) is 0 Å². The molecule has 0 fully saturated rings. The third-order valence-electron chi connectivity index (χ3n) is 4.50. The maximum Gasteiger partial charge on any atom is 0.339 e. The summed E-state index contributed by atoms with van der Waals surface area (Å²) in [6.45, 7) is 1.88. The average Bonchev–Trinajstić information content (AvgIpc) is 3.17. The predicted octanol–water partition coefficient (Wildman–Crippen LogP) is 6.45. The van der Waals surface area contributed by atoms with Gasteiger partial charge in [-0.1, -0.05) is 23.9 Å². The Kier molecular flexibility index (Phi) is 6.87. The number of nitrogens with zero attached hydrogens (tertiary/aromatic N) is 3. The molecule has 0 aliphatic rings. The van der Waals surface area contributed by atoms with Crippen molar-refractivity contribution >= 4 is 53.1 Å². The summed E-state index contributed by atoms with van der Waals surface area (Å²) >= 11 is 1.04. The molecule has 0 saturated carbocycles. The molecule has 0 radical (unpaired) electrons. The van der Waals surface area contributed by atoms with E-state index in [1.165, 1.54) is 18.2 Å². The second kappa shape index (κ2) is 9.97. The number of ether oxygens (including phenoxy) is 1. The molecule has 0 aliphatic carbocycles. The van der Waals surface area contributed by atoms with Crippen molar-refractivity contribution in [2.24, 2.45) is 0 Å². The van der Waals surface area contributed by atoms with Gasteiger partial charge in [0, 0.05) is 16.5 Å². The molecule has 162 valence electrons. The van der Waals surface area contributed by atoms with Crippen LogP contribution in [0.4, 0.5) is 8.28 Å². The second-order valence-electron chi connectivity index (χ2n) is 6.53. The zero-order chi connectivity index (χ0) is 22.5. The van der Waals surface area contributed by atoms with Gasteiger partial charge in [0.05, 0.1) is 34.0 Å². The number of pyridine rings is 1. The van der Waals surface area contributed by atoms with Crippen LogP contribution >= 0.6 is 24.1 Å². The maximum atomic E-state index is 14.5. The fraction of sp³-hybridized carbons (Fsp3) is 0.0870. The number of aromatic nitrogens is 3. The Bertz CT molecular complexity index is 1290. The third kappa shape index (κ3) is 4.68. The van der Waals surface area contributed by atoms with E-state index in [4.69, 9.17) is 4.74 Å². The Morgan fingerprint density at radius 3 is 2.78 bits per heavy atom. The minimum Gasteiger partial charge on any atom is -0.462 e. The van der Waals surface area contributed by atoms with Gasteiger partial charge in [-0.05, 0) is 61.5 Å². The molecular weight excluding hydrogens is 452 g/mol. The third-order valence-corrected chi connectivity index (χ3v) is 6.01. The van der Waals surface area contributed by atoms with Gasteiger partial charge in [0.1, 0.15) is 5.82 Å². The summed E-state index contributed by atoms with van der Waals surface area (Å²) in [5, 5.41) is 5.02. The summed E-state index contributed by atoms with van der Waals surface area (Å²) in [6, 6.07) is 15.1. The molecule has 0 saturated heterocycles. The molecule has 2 aromatic heterocycles. The quantitative estimate of drug-likeness (QED) is 0.290. The second-order valence-corrected chi connectivity index (χ2v) is 8.10. The number of carbonyl (C=O) groups is 1. The Labute approximate surface area is 191 Å². The lowest BCUT2D eigenvalue weighted by atomic mass is 10.2. The highest BCUT2D eigenvalue weighted by atomic mass is 32.2. The van der Waals surface area contributed by atoms with Gasteiger partial charge >= 0.3 is 5.97 Å². The van der Waals surface area contributed by atoms with Crippen LogP contribution in [0.5, 0.6) is 0 Å². The van der Waals surface area contributed by atoms with Gasteiger partial charge in [-0.15, -0.1) is 3.89 Å². The zero-order valence-electron chi connectivity index (χ0n) is 16.9. The van der Waals surface area contributed by atoms with Gasteiger partial charge in [0.15, 0.2) is 12.3 Å². The fourth-order valence-corrected chi connectivity index (χ4v) is 4.38. The van der Waals surface area contributed by atoms with Crippen molar-refractivity contribution in [3.05, 3.63) is 83.6 Å². The first-order chi connectivity index (χ1) is 15.6. The van der Waals surface area contributed by atoms with E-state index in [-0.39, 0.29) is 29.4 Å². The van der Waals surface area contributed by atoms with Gasteiger partial charge in [-0.3, -0.25) is 4.98 Å². The molecular formula is C23H17F2N3O2S2. The van der Waals surface area contributed by atoms with Crippen LogP contribution in [0.2, 0.25) is 0 Å². The summed E-state index contributed by atoms with van der Waals surface area (Å²) < 4.78 is 34.3. The number of fused-ring (bicyclic) bond motifs is 1. The first-order valence-corrected chi connectivity index (χ1v) is 11.1. The van der Waals surface area contributed by atoms with E-state index in [1.807, 2.05) is 18.2 Å². The molecule has 4 rings (SSSR count). The maximum absolute atomic E-state index is 14.5. The minimum atomic E-state index is -0.595. The summed E-state index contributed by atoms with van der Waals surface area (Å²) in [7, 11) is 0. The van der Waals surface area contributed by atoms with E-state index >= 15 is 0 Å². The van der Waals surface area contributed by atoms with Crippen molar-refractivity contribution in [2.75, 3.05) is 6.61 Å². The van der Waals surface area contributed by atoms with E-state index in [9.17, 15) is 13.1 Å². The van der Waals surface area contributed by atoms with E-state index in [0.717, 1.165) is 26.9 Å². The molecule has 0 amide bonds. The number of benzene rings is 2. The molecule has 0 atom stereocenters. The van der Waals surface area contributed by atoms with Gasteiger partial charge in [-0.25, -0.2) is 9.18 Å². The van der Waals surface area contributed by atoms with Crippen LogP contribution < -0.4 is 0 Å². The highest BCUT2D eigenvalue weighted by Crippen LogP contribution is 2.36. The average molecular weight is 470 g/mol. The van der Waals surface area contributed by atoms with E-state index in [0.29, 0.717) is 16.1 Å². The summed E-state index contributed by atoms with van der Waals surface area (Å²) in [4.78, 5) is 17.2. The summed E-state index contributed by atoms with van der Waals surface area (Å²) in [5.41, 5.74) is 1.99. The molecule has 4 aromatic rings. The SMILES string of the molecule is CCOC(=O)c1cccc(F)c1Sc1ccc2c(/C=C/c3ccccn3)nn(SF)c2c1. The van der Waals surface area contributed by atoms with Gasteiger partial charge in [0.2, 0.25) is 0 Å². The Hall–Kier alpha value is -3.17. The van der Waals surface area contributed by atoms with Crippen molar-refractivity contribution < 1.29 is 17.8 Å². The highest BCUT2D eigenvalue weighted by Gasteiger charge is 2.18. The minimum absolute atomic E-state index is 0.0278. The zero-order valence-corrected chi connectivity index (χ0v) is 18.5. The number of hydrogen-bond donors (Lipinski definition) is 0. The smallest absolute Gasteiger partial charge is 0.339 e.